The second-order valence-electron chi connectivity index (χ2n) is 32.4. The van der Waals surface area contributed by atoms with Crippen molar-refractivity contribution in [3.8, 4) is 11.5 Å². The van der Waals surface area contributed by atoms with E-state index >= 15 is 0 Å². The Morgan fingerprint density at radius 3 is 0.844 bits per heavy atom. The Labute approximate surface area is 784 Å². The van der Waals surface area contributed by atoms with Crippen LogP contribution in [0.25, 0.3) is 0 Å². The number of aryl methyl sites for hydroxylation is 2. The topological polar surface area (TPSA) is 248 Å². The van der Waals surface area contributed by atoms with Gasteiger partial charge in [-0.1, -0.05) is 291 Å². The summed E-state index contributed by atoms with van der Waals surface area (Å²) >= 11 is 0. The number of para-hydroxylation sites is 1. The molecule has 6 heterocycles. The molecule has 0 radical (unpaired) electrons. The van der Waals surface area contributed by atoms with E-state index in [4.69, 9.17) is 37.9 Å². The van der Waals surface area contributed by atoms with Crippen molar-refractivity contribution in [1.29, 1.82) is 0 Å². The molecule has 23 heteroatoms. The molecule has 12 aromatic carbocycles. The first-order chi connectivity index (χ1) is 65.8. The highest BCUT2D eigenvalue weighted by Crippen LogP contribution is 2.33. The summed E-state index contributed by atoms with van der Waals surface area (Å²) in [5.74, 6) is 3.49. The lowest BCUT2D eigenvalue weighted by Crippen LogP contribution is -2.31. The second kappa shape index (κ2) is 49.9. The molecule has 20 nitrogen and oxygen atoms in total. The molecule has 0 saturated heterocycles. The standard InChI is InChI=1S/C20H21NO4.2C19H19NO2.3C18H16FNO2/c1-23-17-10-6-9-15(20(17)24-2)13-25-18-12-19(22)21-16(18)11-14-7-4-3-5-8-14;1-14-7-5-6-10-16(14)13-22-18-12-19(21)20-17(18)11-15-8-3-2-4-9-15;1-14-7-9-16(10-8-14)13-22-18-12-19(21)20-17(18)11-15-5-3-2-4-6-15;19-15-9-5-4-8-14(15)12-22-17-11-18(21)20-16(17)10-13-6-2-1-3-7-13;19-15-8-4-7-14(9-15)12-22-17-11-18(21)20-16(17)10-13-5-2-1-3-6-13;19-15-8-6-14(7-9-15)12-22-17-11-18(21)20-16(17)10-13-4-2-1-3-5-13/h3-10,12,16H,11,13H2,1-2H3,(H,21,22);2*2-10,12,17H,11,13H2,1H3,(H,20,21);3*1-9,11,16H,10,12H2,(H,20,21)/t16-;2*17-;3*16-/m000000/s1. The van der Waals surface area contributed by atoms with Gasteiger partial charge in [0, 0.05) is 47.6 Å². The van der Waals surface area contributed by atoms with E-state index in [-0.39, 0.29) is 102 Å². The summed E-state index contributed by atoms with van der Waals surface area (Å²) in [6.45, 7) is 6.04. The summed E-state index contributed by atoms with van der Waals surface area (Å²) in [5.41, 5.74) is 14.5. The smallest absolute Gasteiger partial charge is 0.248 e. The highest BCUT2D eigenvalue weighted by molar-refractivity contribution is 5.94. The molecule has 18 rings (SSSR count). The first-order valence-electron chi connectivity index (χ1n) is 44.4. The Balaban J connectivity index is 0.000000137. The van der Waals surface area contributed by atoms with Crippen LogP contribution in [0, 0.1) is 31.3 Å². The summed E-state index contributed by atoms with van der Waals surface area (Å²) < 4.78 is 85.2. The van der Waals surface area contributed by atoms with Crippen molar-refractivity contribution in [3.63, 3.8) is 0 Å². The van der Waals surface area contributed by atoms with Crippen molar-refractivity contribution in [2.45, 2.75) is 128 Å². The van der Waals surface area contributed by atoms with Crippen LogP contribution in [-0.2, 0) is 135 Å². The quantitative estimate of drug-likeness (QED) is 0.0230. The molecule has 6 aliphatic rings. The van der Waals surface area contributed by atoms with Crippen LogP contribution in [0.5, 0.6) is 11.5 Å². The number of methoxy groups -OCH3 is 2. The third-order valence-corrected chi connectivity index (χ3v) is 22.3. The molecular formula is C112H107F3N6O14. The molecule has 0 saturated carbocycles. The van der Waals surface area contributed by atoms with E-state index in [9.17, 15) is 41.9 Å². The monoisotopic (exact) mass is 1820 g/mol. The van der Waals surface area contributed by atoms with Gasteiger partial charge in [0.2, 0.25) is 35.4 Å². The SMILES string of the molecule is COc1cccc(COC2=CC(=O)N[C@H]2Cc2ccccc2)c1OC.Cc1ccc(COC2=CC(=O)N[C@H]2Cc2ccccc2)cc1.Cc1ccccc1COC1=CC(=O)N[C@H]1Cc1ccccc1.O=C1C=C(OCc2ccc(F)cc2)[C@H](Cc2ccccc2)N1.O=C1C=C(OCc2cccc(F)c2)[C@H](Cc2ccccc2)N1.O=C1C=C(OCc2ccccc2F)[C@H](Cc2ccccc2)N1. The van der Waals surface area contributed by atoms with Crippen LogP contribution in [0.3, 0.4) is 0 Å². The largest absolute Gasteiger partial charge is 0.493 e. The Kier molecular flexibility index (Phi) is 35.7. The van der Waals surface area contributed by atoms with Crippen LogP contribution in [0.2, 0.25) is 0 Å². The first-order valence-corrected chi connectivity index (χ1v) is 44.4. The van der Waals surface area contributed by atoms with E-state index in [0.29, 0.717) is 92.2 Å². The number of rotatable bonds is 32. The van der Waals surface area contributed by atoms with Gasteiger partial charge in [-0.15, -0.1) is 0 Å². The summed E-state index contributed by atoms with van der Waals surface area (Å²) in [7, 11) is 3.19. The molecule has 0 aliphatic carbocycles. The van der Waals surface area contributed by atoms with Crippen molar-refractivity contribution < 1.29 is 79.8 Å². The third-order valence-electron chi connectivity index (χ3n) is 22.3. The second-order valence-corrected chi connectivity index (χ2v) is 32.4. The predicted octanol–water partition coefficient (Wildman–Crippen LogP) is 18.0. The average molecular weight is 1820 g/mol. The van der Waals surface area contributed by atoms with Gasteiger partial charge in [0.1, 0.15) is 91.6 Å². The highest BCUT2D eigenvalue weighted by atomic mass is 19.1. The Morgan fingerprint density at radius 1 is 0.244 bits per heavy atom. The zero-order valence-corrected chi connectivity index (χ0v) is 75.4. The zero-order chi connectivity index (χ0) is 94.5. The normalized spacial score (nSPS) is 16.9. The number of carbonyl (C=O) groups excluding carboxylic acids is 6. The summed E-state index contributed by atoms with van der Waals surface area (Å²) in [4.78, 5) is 69.9. The average Bonchev–Trinajstić information content (AvgIpc) is 1.84. The summed E-state index contributed by atoms with van der Waals surface area (Å²) in [5, 5.41) is 17.4. The van der Waals surface area contributed by atoms with E-state index in [1.807, 2.05) is 206 Å². The van der Waals surface area contributed by atoms with Crippen molar-refractivity contribution >= 4 is 35.4 Å². The van der Waals surface area contributed by atoms with Crippen LogP contribution in [0.4, 0.5) is 13.2 Å². The lowest BCUT2D eigenvalue weighted by molar-refractivity contribution is -0.117. The molecule has 0 unspecified atom stereocenters. The number of halogens is 3. The Bertz CT molecular complexity index is 5900. The van der Waals surface area contributed by atoms with E-state index in [2.05, 4.69) is 88.2 Å². The fourth-order valence-corrected chi connectivity index (χ4v) is 15.3. The number of carbonyl (C=O) groups is 6. The van der Waals surface area contributed by atoms with Crippen molar-refractivity contribution in [3.05, 3.63) is 488 Å². The maximum absolute atomic E-state index is 13.6. The lowest BCUT2D eigenvalue weighted by atomic mass is 10.1. The molecular weight excluding hydrogens is 1710 g/mol. The van der Waals surface area contributed by atoms with Gasteiger partial charge >= 0.3 is 0 Å². The highest BCUT2D eigenvalue weighted by Gasteiger charge is 2.32. The first kappa shape index (κ1) is 96.6. The Hall–Kier alpha value is -15.9. The molecule has 690 valence electrons. The molecule has 6 aliphatic heterocycles. The minimum Gasteiger partial charge on any atom is -0.493 e. The molecule has 0 spiro atoms. The van der Waals surface area contributed by atoms with Gasteiger partial charge < -0.3 is 69.8 Å². The molecule has 6 amide bonds. The van der Waals surface area contributed by atoms with E-state index < -0.39 is 0 Å². The number of ether oxygens (including phenoxy) is 8. The number of benzene rings is 12. The van der Waals surface area contributed by atoms with Gasteiger partial charge in [-0.05, 0) is 150 Å². The van der Waals surface area contributed by atoms with E-state index in [1.54, 1.807) is 68.8 Å². The van der Waals surface area contributed by atoms with Crippen LogP contribution in [0.15, 0.2) is 393 Å². The molecule has 0 fully saturated rings. The summed E-state index contributed by atoms with van der Waals surface area (Å²) in [6, 6.07) is 99.9. The summed E-state index contributed by atoms with van der Waals surface area (Å²) in [6.07, 6.45) is 13.2. The number of hydrogen-bond donors (Lipinski definition) is 6. The lowest BCUT2D eigenvalue weighted by Gasteiger charge is -2.18. The molecule has 12 aromatic rings. The van der Waals surface area contributed by atoms with Crippen LogP contribution in [0.1, 0.15) is 77.9 Å². The van der Waals surface area contributed by atoms with Gasteiger partial charge in [0.15, 0.2) is 11.5 Å². The molecule has 6 atom stereocenters. The predicted molar refractivity (Wildman–Crippen MR) is 511 cm³/mol. The van der Waals surface area contributed by atoms with Crippen LogP contribution < -0.4 is 41.4 Å². The maximum Gasteiger partial charge on any atom is 0.248 e. The molecule has 0 bridgehead atoms. The van der Waals surface area contributed by atoms with Crippen molar-refractivity contribution in [1.82, 2.24) is 31.9 Å². The third kappa shape index (κ3) is 30.6. The van der Waals surface area contributed by atoms with Gasteiger partial charge in [-0.2, -0.15) is 0 Å². The Morgan fingerprint density at radius 2 is 0.519 bits per heavy atom. The van der Waals surface area contributed by atoms with Gasteiger partial charge in [-0.25, -0.2) is 13.2 Å². The van der Waals surface area contributed by atoms with E-state index in [0.717, 1.165) is 74.4 Å². The number of hydrogen-bond acceptors (Lipinski definition) is 14. The molecule has 6 N–H and O–H groups in total. The number of amides is 6. The van der Waals surface area contributed by atoms with Gasteiger partial charge in [-0.3, -0.25) is 28.8 Å². The molecule has 0 aromatic heterocycles. The maximum atomic E-state index is 13.6. The number of nitrogens with one attached hydrogen (secondary N) is 6. The van der Waals surface area contributed by atoms with Crippen molar-refractivity contribution in [2.24, 2.45) is 0 Å². The van der Waals surface area contributed by atoms with E-state index in [1.165, 1.54) is 76.9 Å². The molecule has 135 heavy (non-hydrogen) atoms. The fourth-order valence-electron chi connectivity index (χ4n) is 15.3. The minimum atomic E-state index is -0.306. The van der Waals surface area contributed by atoms with Gasteiger partial charge in [0.25, 0.3) is 0 Å². The van der Waals surface area contributed by atoms with Gasteiger partial charge in [0.05, 0.1) is 50.5 Å². The zero-order valence-electron chi connectivity index (χ0n) is 75.4. The van der Waals surface area contributed by atoms with Crippen molar-refractivity contribution in [2.75, 3.05) is 14.2 Å². The minimum absolute atomic E-state index is 0.0827. The fraction of sp³-hybridized carbons (Fsp3) is 0.196. The van der Waals surface area contributed by atoms with Crippen LogP contribution >= 0.6 is 0 Å². The van der Waals surface area contributed by atoms with Crippen LogP contribution in [-0.4, -0.2) is 85.9 Å².